The Morgan fingerprint density at radius 2 is 1.71 bits per heavy atom. The van der Waals surface area contributed by atoms with Gasteiger partial charge in [-0.25, -0.2) is 4.79 Å². The molecule has 1 aliphatic heterocycles. The van der Waals surface area contributed by atoms with E-state index in [9.17, 15) is 9.59 Å². The number of carbonyl (C=O) groups excluding carboxylic acids is 2. The summed E-state index contributed by atoms with van der Waals surface area (Å²) >= 11 is 0. The first kappa shape index (κ1) is 21.7. The van der Waals surface area contributed by atoms with Gasteiger partial charge in [-0.05, 0) is 32.3 Å². The monoisotopic (exact) mass is 385 g/mol. The van der Waals surface area contributed by atoms with E-state index in [2.05, 4.69) is 6.58 Å². The molecule has 5 heteroatoms. The molecule has 1 aliphatic rings. The number of likely N-dealkylation sites (N-methyl/N-ethyl adjacent to an activating group) is 1. The van der Waals surface area contributed by atoms with Crippen LogP contribution in [0, 0.1) is 11.8 Å². The van der Waals surface area contributed by atoms with Gasteiger partial charge in [0.15, 0.2) is 0 Å². The molecule has 28 heavy (non-hydrogen) atoms. The fourth-order valence-corrected chi connectivity index (χ4v) is 4.24. The number of rotatable bonds is 6. The lowest BCUT2D eigenvalue weighted by Gasteiger charge is -2.50. The second-order valence-electron chi connectivity index (χ2n) is 7.34. The third kappa shape index (κ3) is 3.34. The molecule has 0 radical (unpaired) electrons. The highest BCUT2D eigenvalue weighted by Gasteiger charge is 2.58. The van der Waals surface area contributed by atoms with Crippen LogP contribution in [0.1, 0.15) is 40.2 Å². The molecule has 0 fully saturated rings. The minimum absolute atomic E-state index is 0.0376. The first-order chi connectivity index (χ1) is 13.2. The highest BCUT2D eigenvalue weighted by molar-refractivity contribution is 5.96. The van der Waals surface area contributed by atoms with Crippen LogP contribution >= 0.6 is 0 Å². The van der Waals surface area contributed by atoms with Crippen LogP contribution in [0.3, 0.4) is 0 Å². The normalized spacial score (nSPS) is 22.5. The van der Waals surface area contributed by atoms with E-state index < -0.39 is 23.3 Å². The van der Waals surface area contributed by atoms with Crippen LogP contribution in [0.25, 0.3) is 0 Å². The summed E-state index contributed by atoms with van der Waals surface area (Å²) in [6, 6.07) is 9.46. The zero-order valence-corrected chi connectivity index (χ0v) is 17.7. The summed E-state index contributed by atoms with van der Waals surface area (Å²) < 4.78 is 10.9. The summed E-state index contributed by atoms with van der Waals surface area (Å²) in [4.78, 5) is 28.3. The number of ether oxygens (including phenoxy) is 2. The number of hydrogen-bond acceptors (Lipinski definition) is 5. The predicted molar refractivity (Wildman–Crippen MR) is 109 cm³/mol. The molecule has 1 heterocycles. The lowest BCUT2D eigenvalue weighted by atomic mass is 9.59. The van der Waals surface area contributed by atoms with Crippen molar-refractivity contribution in [3.63, 3.8) is 0 Å². The van der Waals surface area contributed by atoms with Crippen molar-refractivity contribution < 1.29 is 19.1 Å². The number of esters is 2. The van der Waals surface area contributed by atoms with Crippen LogP contribution in [0.5, 0.6) is 0 Å². The molecule has 2 rings (SSSR count). The molecular weight excluding hydrogens is 354 g/mol. The largest absolute Gasteiger partial charge is 0.465 e. The summed E-state index contributed by atoms with van der Waals surface area (Å²) in [5, 5.41) is 0. The maximum absolute atomic E-state index is 13.5. The number of carbonyl (C=O) groups is 2. The van der Waals surface area contributed by atoms with Gasteiger partial charge in [-0.15, -0.1) is 0 Å². The summed E-state index contributed by atoms with van der Waals surface area (Å²) in [5.74, 6) is -1.30. The molecule has 5 nitrogen and oxygen atoms in total. The zero-order valence-electron chi connectivity index (χ0n) is 17.7. The topological polar surface area (TPSA) is 55.8 Å². The molecule has 0 aromatic heterocycles. The SMILES string of the molecule is C=C1N(C)C(C)=C(C(=O)OCC)[C@H](C(C)C)[C@@]1(C(=O)OCC)c1ccccc1. The van der Waals surface area contributed by atoms with E-state index in [4.69, 9.17) is 9.47 Å². The Morgan fingerprint density at radius 1 is 1.14 bits per heavy atom. The van der Waals surface area contributed by atoms with Crippen LogP contribution in [0.4, 0.5) is 0 Å². The van der Waals surface area contributed by atoms with Crippen molar-refractivity contribution >= 4 is 11.9 Å². The molecule has 1 aromatic rings. The molecule has 0 aliphatic carbocycles. The van der Waals surface area contributed by atoms with Gasteiger partial charge in [0.1, 0.15) is 5.41 Å². The maximum Gasteiger partial charge on any atom is 0.336 e. The highest BCUT2D eigenvalue weighted by atomic mass is 16.5. The van der Waals surface area contributed by atoms with Crippen molar-refractivity contribution in [3.05, 3.63) is 59.4 Å². The van der Waals surface area contributed by atoms with Gasteiger partial charge in [0.25, 0.3) is 0 Å². The van der Waals surface area contributed by atoms with Crippen molar-refractivity contribution in [1.82, 2.24) is 4.90 Å². The van der Waals surface area contributed by atoms with E-state index in [1.54, 1.807) is 13.8 Å². The van der Waals surface area contributed by atoms with Crippen molar-refractivity contribution in [2.24, 2.45) is 11.8 Å². The van der Waals surface area contributed by atoms with Crippen molar-refractivity contribution in [1.29, 1.82) is 0 Å². The average molecular weight is 386 g/mol. The smallest absolute Gasteiger partial charge is 0.336 e. The fraction of sp³-hybridized carbons (Fsp3) is 0.478. The van der Waals surface area contributed by atoms with E-state index in [0.717, 1.165) is 11.3 Å². The fourth-order valence-electron chi connectivity index (χ4n) is 4.24. The summed E-state index contributed by atoms with van der Waals surface area (Å²) in [6.45, 7) is 14.2. The molecule has 2 atom stereocenters. The van der Waals surface area contributed by atoms with Crippen molar-refractivity contribution in [2.75, 3.05) is 20.3 Å². The quantitative estimate of drug-likeness (QED) is 0.692. The van der Waals surface area contributed by atoms with Gasteiger partial charge < -0.3 is 14.4 Å². The minimum Gasteiger partial charge on any atom is -0.465 e. The van der Waals surface area contributed by atoms with Crippen LogP contribution < -0.4 is 0 Å². The van der Waals surface area contributed by atoms with Crippen LogP contribution in [0.15, 0.2) is 53.9 Å². The third-order valence-corrected chi connectivity index (χ3v) is 5.52. The molecule has 1 aromatic carbocycles. The molecule has 0 bridgehead atoms. The molecule has 0 saturated carbocycles. The van der Waals surface area contributed by atoms with Crippen LogP contribution in [-0.4, -0.2) is 37.1 Å². The summed E-state index contributed by atoms with van der Waals surface area (Å²) in [5.41, 5.74) is 1.41. The number of hydrogen-bond donors (Lipinski definition) is 0. The van der Waals surface area contributed by atoms with Gasteiger partial charge >= 0.3 is 11.9 Å². The first-order valence-corrected chi connectivity index (χ1v) is 9.78. The molecule has 0 spiro atoms. The van der Waals surface area contributed by atoms with Gasteiger partial charge in [-0.2, -0.15) is 0 Å². The molecule has 0 N–H and O–H groups in total. The molecular formula is C23H31NO4. The first-order valence-electron chi connectivity index (χ1n) is 9.78. The maximum atomic E-state index is 13.5. The predicted octanol–water partition coefficient (Wildman–Crippen LogP) is 4.06. The Kier molecular flexibility index (Phi) is 6.70. The Balaban J connectivity index is 2.90. The molecule has 0 unspecified atom stereocenters. The Morgan fingerprint density at radius 3 is 2.21 bits per heavy atom. The van der Waals surface area contributed by atoms with Gasteiger partial charge in [-0.1, -0.05) is 50.8 Å². The second kappa shape index (κ2) is 8.63. The summed E-state index contributed by atoms with van der Waals surface area (Å²) in [7, 11) is 1.82. The third-order valence-electron chi connectivity index (χ3n) is 5.52. The molecule has 0 amide bonds. The Labute approximate surface area is 168 Å². The second-order valence-corrected chi connectivity index (χ2v) is 7.34. The number of allylic oxidation sites excluding steroid dienone is 1. The standard InChI is InChI=1S/C23H31NO4/c1-8-27-21(25)19-16(5)24(7)17(6)23(20(19)15(3)4,22(26)28-9-2)18-13-11-10-12-14-18/h10-15,20H,6,8-9H2,1-5,7H3/t20-,23-/m0/s1. The van der Waals surface area contributed by atoms with E-state index in [1.165, 1.54) is 0 Å². The van der Waals surface area contributed by atoms with E-state index in [1.807, 2.05) is 63.1 Å². The van der Waals surface area contributed by atoms with Gasteiger partial charge in [0.05, 0.1) is 18.8 Å². The Bertz CT molecular complexity index is 781. The van der Waals surface area contributed by atoms with Gasteiger partial charge in [0, 0.05) is 24.4 Å². The van der Waals surface area contributed by atoms with Crippen LogP contribution in [0.2, 0.25) is 0 Å². The number of nitrogens with zero attached hydrogens (tertiary/aromatic N) is 1. The van der Waals surface area contributed by atoms with Crippen molar-refractivity contribution in [3.8, 4) is 0 Å². The lowest BCUT2D eigenvalue weighted by molar-refractivity contribution is -0.153. The van der Waals surface area contributed by atoms with E-state index in [-0.39, 0.29) is 19.1 Å². The minimum atomic E-state index is -1.21. The summed E-state index contributed by atoms with van der Waals surface area (Å²) in [6.07, 6.45) is 0. The van der Waals surface area contributed by atoms with E-state index in [0.29, 0.717) is 11.3 Å². The molecule has 152 valence electrons. The number of benzene rings is 1. The zero-order chi connectivity index (χ0) is 21.1. The molecule has 0 saturated heterocycles. The average Bonchev–Trinajstić information content (AvgIpc) is 2.66. The lowest BCUT2D eigenvalue weighted by Crippen LogP contribution is -2.56. The van der Waals surface area contributed by atoms with Crippen molar-refractivity contribution in [2.45, 2.75) is 40.0 Å². The van der Waals surface area contributed by atoms with E-state index >= 15 is 0 Å². The van der Waals surface area contributed by atoms with Crippen LogP contribution in [-0.2, 0) is 24.5 Å². The van der Waals surface area contributed by atoms with Gasteiger partial charge in [0.2, 0.25) is 0 Å². The Hall–Kier alpha value is -2.56. The highest BCUT2D eigenvalue weighted by Crippen LogP contribution is 2.52. The van der Waals surface area contributed by atoms with Gasteiger partial charge in [-0.3, -0.25) is 4.79 Å².